The van der Waals surface area contributed by atoms with Gasteiger partial charge in [-0.2, -0.15) is 5.10 Å². The summed E-state index contributed by atoms with van der Waals surface area (Å²) in [5.41, 5.74) is 0.360. The fourth-order valence-electron chi connectivity index (χ4n) is 3.05. The van der Waals surface area contributed by atoms with E-state index in [1.807, 2.05) is 0 Å². The van der Waals surface area contributed by atoms with Gasteiger partial charge in [-0.05, 0) is 32.4 Å². The van der Waals surface area contributed by atoms with Crippen molar-refractivity contribution in [3.05, 3.63) is 11.9 Å². The summed E-state index contributed by atoms with van der Waals surface area (Å²) in [6.45, 7) is 3.95. The molecular weight excluding hydrogens is 242 g/mol. The Morgan fingerprint density at radius 2 is 2.21 bits per heavy atom. The third-order valence-corrected chi connectivity index (χ3v) is 4.11. The topological polar surface area (TPSA) is 56.1 Å². The smallest absolute Gasteiger partial charge is 0.190 e. The molecule has 0 aliphatic carbocycles. The van der Waals surface area contributed by atoms with Crippen LogP contribution >= 0.6 is 0 Å². The van der Waals surface area contributed by atoms with Crippen LogP contribution in [0, 0.1) is 5.41 Å². The largest absolute Gasteiger partial charge is 0.493 e. The van der Waals surface area contributed by atoms with Gasteiger partial charge in [0, 0.05) is 12.5 Å². The highest BCUT2D eigenvalue weighted by Gasteiger charge is 2.41. The predicted molar refractivity (Wildman–Crippen MR) is 73.5 cm³/mol. The Hall–Kier alpha value is -1.36. The molecule has 0 atom stereocenters. The first kappa shape index (κ1) is 14.1. The molecule has 0 amide bonds. The van der Waals surface area contributed by atoms with E-state index in [4.69, 9.17) is 4.74 Å². The van der Waals surface area contributed by atoms with Crippen molar-refractivity contribution in [2.24, 2.45) is 12.5 Å². The number of Topliss-reactive ketones (excluding diaryl/α,β-unsaturated/α-hetero) is 1. The van der Waals surface area contributed by atoms with E-state index in [2.05, 4.69) is 17.3 Å². The van der Waals surface area contributed by atoms with Gasteiger partial charge in [0.25, 0.3) is 0 Å². The fourth-order valence-corrected chi connectivity index (χ4v) is 3.05. The van der Waals surface area contributed by atoms with Gasteiger partial charge in [-0.25, -0.2) is 0 Å². The first-order valence-electron chi connectivity index (χ1n) is 6.96. The van der Waals surface area contributed by atoms with E-state index in [9.17, 15) is 4.79 Å². The van der Waals surface area contributed by atoms with Crippen LogP contribution in [-0.2, 0) is 7.05 Å². The summed E-state index contributed by atoms with van der Waals surface area (Å²) in [5, 5.41) is 7.49. The zero-order valence-corrected chi connectivity index (χ0v) is 12.0. The van der Waals surface area contributed by atoms with Crippen molar-refractivity contribution < 1.29 is 9.53 Å². The van der Waals surface area contributed by atoms with E-state index in [1.54, 1.807) is 25.0 Å². The van der Waals surface area contributed by atoms with Gasteiger partial charge >= 0.3 is 0 Å². The Morgan fingerprint density at radius 1 is 1.53 bits per heavy atom. The third-order valence-electron chi connectivity index (χ3n) is 4.11. The highest BCUT2D eigenvalue weighted by atomic mass is 16.5. The zero-order chi connectivity index (χ0) is 13.9. The maximum atomic E-state index is 13.0. The van der Waals surface area contributed by atoms with Gasteiger partial charge in [0.2, 0.25) is 0 Å². The molecule has 106 valence electrons. The second-order valence-corrected chi connectivity index (χ2v) is 5.29. The van der Waals surface area contributed by atoms with Crippen molar-refractivity contribution >= 4 is 5.78 Å². The highest BCUT2D eigenvalue weighted by Crippen LogP contribution is 2.39. The number of hydrogen-bond donors (Lipinski definition) is 1. The van der Waals surface area contributed by atoms with Gasteiger partial charge in [-0.15, -0.1) is 0 Å². The molecule has 1 aromatic rings. The molecule has 19 heavy (non-hydrogen) atoms. The Balaban J connectivity index is 2.36. The minimum Gasteiger partial charge on any atom is -0.493 e. The second-order valence-electron chi connectivity index (χ2n) is 5.29. The van der Waals surface area contributed by atoms with Gasteiger partial charge in [0.05, 0.1) is 13.3 Å². The number of aryl methyl sites for hydroxylation is 1. The molecule has 0 radical (unpaired) electrons. The molecule has 1 aliphatic rings. The number of rotatable bonds is 5. The van der Waals surface area contributed by atoms with Gasteiger partial charge in [-0.1, -0.05) is 13.3 Å². The predicted octanol–water partition coefficient (Wildman–Crippen LogP) is 1.78. The minimum absolute atomic E-state index is 0.188. The van der Waals surface area contributed by atoms with Crippen LogP contribution in [0.25, 0.3) is 0 Å². The SMILES string of the molecule is CCCC1(C(=O)c2c(OC)cnn2C)CCNCC1. The molecular formula is C14H23N3O2. The molecule has 2 rings (SSSR count). The normalized spacial score (nSPS) is 18.3. The Bertz CT molecular complexity index is 442. The molecule has 1 saturated heterocycles. The van der Waals surface area contributed by atoms with Gasteiger partial charge < -0.3 is 10.1 Å². The van der Waals surface area contributed by atoms with E-state index < -0.39 is 0 Å². The molecule has 0 aromatic carbocycles. The van der Waals surface area contributed by atoms with Gasteiger partial charge in [0.1, 0.15) is 5.69 Å². The number of nitrogens with one attached hydrogen (secondary N) is 1. The summed E-state index contributed by atoms with van der Waals surface area (Å²) < 4.78 is 6.92. The first-order valence-corrected chi connectivity index (χ1v) is 6.96. The van der Waals surface area contributed by atoms with Crippen LogP contribution < -0.4 is 10.1 Å². The zero-order valence-electron chi connectivity index (χ0n) is 12.0. The summed E-state index contributed by atoms with van der Waals surface area (Å²) in [4.78, 5) is 13.0. The second kappa shape index (κ2) is 5.74. The highest BCUT2D eigenvalue weighted by molar-refractivity contribution is 6.01. The van der Waals surface area contributed by atoms with Crippen LogP contribution in [0.15, 0.2) is 6.20 Å². The molecule has 1 N–H and O–H groups in total. The van der Waals surface area contributed by atoms with Crippen molar-refractivity contribution in [2.45, 2.75) is 32.6 Å². The summed E-state index contributed by atoms with van der Waals surface area (Å²) in [7, 11) is 3.39. The summed E-state index contributed by atoms with van der Waals surface area (Å²) >= 11 is 0. The van der Waals surface area contributed by atoms with E-state index in [1.165, 1.54) is 0 Å². The molecule has 2 heterocycles. The molecule has 1 fully saturated rings. The number of ketones is 1. The van der Waals surface area contributed by atoms with Crippen molar-refractivity contribution in [2.75, 3.05) is 20.2 Å². The van der Waals surface area contributed by atoms with Crippen LogP contribution in [0.3, 0.4) is 0 Å². The molecule has 1 aromatic heterocycles. The molecule has 0 bridgehead atoms. The van der Waals surface area contributed by atoms with Crippen molar-refractivity contribution in [1.82, 2.24) is 15.1 Å². The van der Waals surface area contributed by atoms with E-state index >= 15 is 0 Å². The summed E-state index contributed by atoms with van der Waals surface area (Å²) in [5.74, 6) is 0.772. The number of hydrogen-bond acceptors (Lipinski definition) is 4. The Labute approximate surface area is 114 Å². The number of methoxy groups -OCH3 is 1. The lowest BCUT2D eigenvalue weighted by atomic mass is 9.71. The maximum Gasteiger partial charge on any atom is 0.190 e. The minimum atomic E-state index is -0.249. The van der Waals surface area contributed by atoms with E-state index in [-0.39, 0.29) is 11.2 Å². The molecule has 5 heteroatoms. The summed E-state index contributed by atoms with van der Waals surface area (Å²) in [6, 6.07) is 0. The average molecular weight is 265 g/mol. The first-order chi connectivity index (χ1) is 9.14. The standard InChI is InChI=1S/C14H23N3O2/c1-4-5-14(6-8-15-9-7-14)13(18)12-11(19-3)10-16-17(12)2/h10,15H,4-9H2,1-3H3. The Kier molecular flexibility index (Phi) is 4.24. The number of piperidine rings is 1. The number of nitrogens with zero attached hydrogens (tertiary/aromatic N) is 2. The molecule has 0 saturated carbocycles. The lowest BCUT2D eigenvalue weighted by Crippen LogP contribution is -2.42. The molecule has 5 nitrogen and oxygen atoms in total. The van der Waals surface area contributed by atoms with E-state index in [0.717, 1.165) is 38.8 Å². The quantitative estimate of drug-likeness (QED) is 0.825. The van der Waals surface area contributed by atoms with Crippen molar-refractivity contribution in [1.29, 1.82) is 0 Å². The number of ether oxygens (including phenoxy) is 1. The van der Waals surface area contributed by atoms with Crippen molar-refractivity contribution in [3.8, 4) is 5.75 Å². The molecule has 1 aliphatic heterocycles. The van der Waals surface area contributed by atoms with E-state index in [0.29, 0.717) is 11.4 Å². The lowest BCUT2D eigenvalue weighted by molar-refractivity contribution is 0.0690. The van der Waals surface area contributed by atoms with Crippen LogP contribution in [-0.4, -0.2) is 35.8 Å². The Morgan fingerprint density at radius 3 is 2.79 bits per heavy atom. The fraction of sp³-hybridized carbons (Fsp3) is 0.714. The molecule has 0 spiro atoms. The summed E-state index contributed by atoms with van der Waals surface area (Å²) in [6.07, 6.45) is 5.36. The number of aromatic nitrogens is 2. The van der Waals surface area contributed by atoms with Crippen LogP contribution in [0.5, 0.6) is 5.75 Å². The van der Waals surface area contributed by atoms with Gasteiger partial charge in [-0.3, -0.25) is 9.48 Å². The van der Waals surface area contributed by atoms with Crippen LogP contribution in [0.4, 0.5) is 0 Å². The maximum absolute atomic E-state index is 13.0. The van der Waals surface area contributed by atoms with Crippen molar-refractivity contribution in [3.63, 3.8) is 0 Å². The number of carbonyl (C=O) groups is 1. The molecule has 0 unspecified atom stereocenters. The third kappa shape index (κ3) is 2.52. The van der Waals surface area contributed by atoms with Crippen LogP contribution in [0.2, 0.25) is 0 Å². The monoisotopic (exact) mass is 265 g/mol. The average Bonchev–Trinajstić information content (AvgIpc) is 2.80. The number of carbonyl (C=O) groups excluding carboxylic acids is 1. The van der Waals surface area contributed by atoms with Gasteiger partial charge in [0.15, 0.2) is 11.5 Å². The van der Waals surface area contributed by atoms with Crippen LogP contribution in [0.1, 0.15) is 43.1 Å². The lowest BCUT2D eigenvalue weighted by Gasteiger charge is -2.36.